The van der Waals surface area contributed by atoms with E-state index in [2.05, 4.69) is 0 Å². The van der Waals surface area contributed by atoms with Gasteiger partial charge in [0.25, 0.3) is 5.92 Å². The third-order valence-electron chi connectivity index (χ3n) is 1.61. The molecule has 2 N–H and O–H groups in total. The Balaban J connectivity index is 0. The van der Waals surface area contributed by atoms with Crippen LogP contribution >= 0.6 is 12.4 Å². The Morgan fingerprint density at radius 1 is 1.31 bits per heavy atom. The van der Waals surface area contributed by atoms with Gasteiger partial charge in [-0.2, -0.15) is 0 Å². The van der Waals surface area contributed by atoms with Crippen LogP contribution in [0.4, 0.5) is 8.78 Å². The summed E-state index contributed by atoms with van der Waals surface area (Å²) in [4.78, 5) is 0. The highest BCUT2D eigenvalue weighted by Gasteiger charge is 2.23. The minimum Gasteiger partial charge on any atom is -0.327 e. The van der Waals surface area contributed by atoms with Crippen LogP contribution < -0.4 is 5.73 Å². The van der Waals surface area contributed by atoms with Gasteiger partial charge in [0.1, 0.15) is 0 Å². The summed E-state index contributed by atoms with van der Waals surface area (Å²) < 4.78 is 25.6. The molecule has 0 spiro atoms. The molecule has 0 aliphatic carbocycles. The second-order valence-corrected chi connectivity index (χ2v) is 2.86. The van der Waals surface area contributed by atoms with E-state index in [0.29, 0.717) is 6.42 Å². The van der Waals surface area contributed by atoms with Crippen LogP contribution in [-0.4, -0.2) is 12.5 Å². The highest BCUT2D eigenvalue weighted by atomic mass is 35.5. The predicted octanol–water partition coefficient (Wildman–Crippen LogP) is 3.14. The maximum absolute atomic E-state index is 12.8. The van der Waals surface area contributed by atoms with E-state index in [9.17, 15) is 8.78 Å². The number of rotatable bonds is 6. The minimum absolute atomic E-state index is 0. The van der Waals surface area contributed by atoms with Crippen LogP contribution in [0.25, 0.3) is 0 Å². The Labute approximate surface area is 84.8 Å². The molecule has 0 saturated carbocycles. The molecule has 4 heteroatoms. The zero-order chi connectivity index (χ0) is 9.45. The van der Waals surface area contributed by atoms with Crippen molar-refractivity contribution in [1.82, 2.24) is 0 Å². The van der Waals surface area contributed by atoms with Gasteiger partial charge >= 0.3 is 0 Å². The third kappa shape index (κ3) is 9.77. The molecule has 0 saturated heterocycles. The number of nitrogens with two attached hydrogens (primary N) is 1. The quantitative estimate of drug-likeness (QED) is 0.533. The molecule has 0 aliphatic rings. The first-order valence-electron chi connectivity index (χ1n) is 4.38. The molecule has 0 amide bonds. The van der Waals surface area contributed by atoms with Crippen LogP contribution in [0.2, 0.25) is 0 Å². The number of alkyl halides is 2. The second-order valence-electron chi connectivity index (χ2n) is 2.86. The van der Waals surface area contributed by atoms with E-state index in [1.165, 1.54) is 6.08 Å². The van der Waals surface area contributed by atoms with Gasteiger partial charge in [0.15, 0.2) is 0 Å². The van der Waals surface area contributed by atoms with E-state index in [-0.39, 0.29) is 25.4 Å². The van der Waals surface area contributed by atoms with Gasteiger partial charge in [0.05, 0.1) is 0 Å². The Hall–Kier alpha value is -0.150. The van der Waals surface area contributed by atoms with E-state index in [1.807, 2.05) is 6.92 Å². The largest absolute Gasteiger partial charge is 0.327 e. The maximum atomic E-state index is 12.8. The predicted molar refractivity (Wildman–Crippen MR) is 54.5 cm³/mol. The average Bonchev–Trinajstić information content (AvgIpc) is 2.01. The molecular formula is C9H18ClF2N. The second kappa shape index (κ2) is 8.45. The molecule has 0 aromatic heterocycles. The summed E-state index contributed by atoms with van der Waals surface area (Å²) in [6.45, 7) is 2.18. The SMILES string of the molecule is CCCCCC(F)(F)/C=C\CN.Cl. The number of allylic oxidation sites excluding steroid dienone is 1. The molecule has 0 fully saturated rings. The molecule has 0 aromatic carbocycles. The fourth-order valence-electron chi connectivity index (χ4n) is 0.934. The van der Waals surface area contributed by atoms with Crippen molar-refractivity contribution in [3.63, 3.8) is 0 Å². The molecular weight excluding hydrogens is 196 g/mol. The standard InChI is InChI=1S/C9H17F2N.ClH/c1-2-3-4-6-9(10,11)7-5-8-12;/h5,7H,2-4,6,8,12H2,1H3;1H/b7-5-;. The zero-order valence-electron chi connectivity index (χ0n) is 7.93. The number of hydrogen-bond acceptors (Lipinski definition) is 1. The monoisotopic (exact) mass is 213 g/mol. The Morgan fingerprint density at radius 3 is 2.38 bits per heavy atom. The van der Waals surface area contributed by atoms with Gasteiger partial charge in [-0.05, 0) is 12.5 Å². The lowest BCUT2D eigenvalue weighted by Crippen LogP contribution is -2.12. The zero-order valence-corrected chi connectivity index (χ0v) is 8.75. The number of unbranched alkanes of at least 4 members (excludes halogenated alkanes) is 2. The first-order chi connectivity index (χ1) is 5.62. The maximum Gasteiger partial charge on any atom is 0.266 e. The molecule has 0 heterocycles. The summed E-state index contributed by atoms with van der Waals surface area (Å²) >= 11 is 0. The Bertz CT molecular complexity index is 138. The van der Waals surface area contributed by atoms with E-state index < -0.39 is 5.92 Å². The lowest BCUT2D eigenvalue weighted by molar-refractivity contribution is 0.0426. The molecule has 0 aliphatic heterocycles. The summed E-state index contributed by atoms with van der Waals surface area (Å²) in [7, 11) is 0. The summed E-state index contributed by atoms with van der Waals surface area (Å²) in [5, 5.41) is 0. The third-order valence-corrected chi connectivity index (χ3v) is 1.61. The van der Waals surface area contributed by atoms with E-state index in [4.69, 9.17) is 5.73 Å². The molecule has 0 aromatic rings. The van der Waals surface area contributed by atoms with Crippen LogP contribution in [0.5, 0.6) is 0 Å². The van der Waals surface area contributed by atoms with E-state index >= 15 is 0 Å². The van der Waals surface area contributed by atoms with Crippen LogP contribution in [0.1, 0.15) is 32.6 Å². The fourth-order valence-corrected chi connectivity index (χ4v) is 0.934. The molecule has 0 bridgehead atoms. The number of halogens is 3. The van der Waals surface area contributed by atoms with Crippen LogP contribution in [0, 0.1) is 0 Å². The van der Waals surface area contributed by atoms with Gasteiger partial charge in [0.2, 0.25) is 0 Å². The Kier molecular flexibility index (Phi) is 9.96. The van der Waals surface area contributed by atoms with Crippen molar-refractivity contribution < 1.29 is 8.78 Å². The molecule has 1 nitrogen and oxygen atoms in total. The van der Waals surface area contributed by atoms with Gasteiger partial charge in [-0.25, -0.2) is 8.78 Å². The normalized spacial score (nSPS) is 11.7. The molecule has 80 valence electrons. The molecule has 0 atom stereocenters. The van der Waals surface area contributed by atoms with Crippen molar-refractivity contribution in [3.8, 4) is 0 Å². The van der Waals surface area contributed by atoms with Gasteiger partial charge in [-0.3, -0.25) is 0 Å². The van der Waals surface area contributed by atoms with Crippen molar-refractivity contribution in [2.75, 3.05) is 6.54 Å². The van der Waals surface area contributed by atoms with Gasteiger partial charge < -0.3 is 5.73 Å². The summed E-state index contributed by atoms with van der Waals surface area (Å²) in [6.07, 6.45) is 4.58. The summed E-state index contributed by atoms with van der Waals surface area (Å²) in [6, 6.07) is 0. The lowest BCUT2D eigenvalue weighted by atomic mass is 10.1. The van der Waals surface area contributed by atoms with Crippen molar-refractivity contribution in [3.05, 3.63) is 12.2 Å². The van der Waals surface area contributed by atoms with Crippen LogP contribution in [0.15, 0.2) is 12.2 Å². The van der Waals surface area contributed by atoms with E-state index in [1.54, 1.807) is 0 Å². The van der Waals surface area contributed by atoms with Crippen molar-refractivity contribution >= 4 is 12.4 Å². The molecule has 0 rings (SSSR count). The number of hydrogen-bond donors (Lipinski definition) is 1. The van der Waals surface area contributed by atoms with Crippen LogP contribution in [-0.2, 0) is 0 Å². The van der Waals surface area contributed by atoms with Crippen LogP contribution in [0.3, 0.4) is 0 Å². The highest BCUT2D eigenvalue weighted by molar-refractivity contribution is 5.85. The highest BCUT2D eigenvalue weighted by Crippen LogP contribution is 2.22. The van der Waals surface area contributed by atoms with Crippen molar-refractivity contribution in [2.24, 2.45) is 5.73 Å². The molecule has 13 heavy (non-hydrogen) atoms. The summed E-state index contributed by atoms with van der Waals surface area (Å²) in [5.41, 5.74) is 5.07. The smallest absolute Gasteiger partial charge is 0.266 e. The lowest BCUT2D eigenvalue weighted by Gasteiger charge is -2.10. The van der Waals surface area contributed by atoms with Gasteiger partial charge in [0, 0.05) is 13.0 Å². The first kappa shape index (κ1) is 15.3. The topological polar surface area (TPSA) is 26.0 Å². The molecule has 0 radical (unpaired) electrons. The Morgan fingerprint density at radius 2 is 1.92 bits per heavy atom. The average molecular weight is 214 g/mol. The fraction of sp³-hybridized carbons (Fsp3) is 0.778. The minimum atomic E-state index is -2.66. The van der Waals surface area contributed by atoms with Crippen molar-refractivity contribution in [2.45, 2.75) is 38.5 Å². The summed E-state index contributed by atoms with van der Waals surface area (Å²) in [5.74, 6) is -2.66. The van der Waals surface area contributed by atoms with Gasteiger partial charge in [-0.1, -0.05) is 25.8 Å². The first-order valence-corrected chi connectivity index (χ1v) is 4.38. The van der Waals surface area contributed by atoms with E-state index in [0.717, 1.165) is 18.9 Å². The molecule has 0 unspecified atom stereocenters. The van der Waals surface area contributed by atoms with Crippen molar-refractivity contribution in [1.29, 1.82) is 0 Å². The van der Waals surface area contributed by atoms with Gasteiger partial charge in [-0.15, -0.1) is 12.4 Å².